The summed E-state index contributed by atoms with van der Waals surface area (Å²) >= 11 is 0. The van der Waals surface area contributed by atoms with Crippen LogP contribution in [0.3, 0.4) is 0 Å². The van der Waals surface area contributed by atoms with Crippen molar-refractivity contribution in [2.24, 2.45) is 0 Å². The molecule has 92 valence electrons. The maximum Gasteiger partial charge on any atom is 0.324 e. The lowest BCUT2D eigenvalue weighted by molar-refractivity contribution is -0.144. The molecule has 1 unspecified atom stereocenters. The van der Waals surface area contributed by atoms with Crippen molar-refractivity contribution in [1.29, 1.82) is 0 Å². The third kappa shape index (κ3) is 1.93. The summed E-state index contributed by atoms with van der Waals surface area (Å²) in [6, 6.07) is 7.39. The maximum atomic E-state index is 11.4. The first kappa shape index (κ1) is 12.4. The second kappa shape index (κ2) is 3.71. The summed E-state index contributed by atoms with van der Waals surface area (Å²) in [5.41, 5.74) is 0.987. The predicted molar refractivity (Wildman–Crippen MR) is 64.8 cm³/mol. The number of benzene rings is 1. The van der Waals surface area contributed by atoms with Crippen molar-refractivity contribution >= 4 is 25.8 Å². The van der Waals surface area contributed by atoms with E-state index in [1.807, 2.05) is 31.2 Å². The lowest BCUT2D eigenvalue weighted by Crippen LogP contribution is -2.60. The van der Waals surface area contributed by atoms with Crippen LogP contribution in [-0.4, -0.2) is 18.6 Å². The van der Waals surface area contributed by atoms with E-state index in [2.05, 4.69) is 0 Å². The molecule has 0 N–H and O–H groups in total. The Morgan fingerprint density at radius 2 is 1.82 bits per heavy atom. The van der Waals surface area contributed by atoms with Gasteiger partial charge in [0.2, 0.25) is 5.91 Å². The first-order valence-corrected chi connectivity index (χ1v) is 7.37. The minimum Gasteiger partial charge on any atom is -0.274 e. The Hall–Kier alpha value is -1.07. The Morgan fingerprint density at radius 1 is 1.29 bits per heavy atom. The first-order valence-electron chi connectivity index (χ1n) is 5.10. The fraction of sp³-hybridized carbons (Fsp3) is 0.364. The Balaban J connectivity index is 2.45. The van der Waals surface area contributed by atoms with Crippen LogP contribution < -0.4 is 0 Å². The number of nitrogens with zero attached hydrogens (tertiary/aromatic N) is 1. The van der Waals surface area contributed by atoms with Crippen molar-refractivity contribution in [1.82, 2.24) is 4.31 Å². The van der Waals surface area contributed by atoms with Crippen LogP contribution >= 0.6 is 10.7 Å². The molecule has 0 aromatic heterocycles. The number of carbonyl (C=O) groups excluding carboxylic acids is 1. The molecular formula is C11H12ClNO3S. The van der Waals surface area contributed by atoms with E-state index in [1.54, 1.807) is 6.92 Å². The molecule has 0 bridgehead atoms. The van der Waals surface area contributed by atoms with Crippen LogP contribution in [0.2, 0.25) is 0 Å². The van der Waals surface area contributed by atoms with Crippen LogP contribution in [-0.2, 0) is 19.6 Å². The van der Waals surface area contributed by atoms with E-state index in [-0.39, 0.29) is 6.42 Å². The Bertz CT molecular complexity index is 567. The maximum absolute atomic E-state index is 11.4. The lowest BCUT2D eigenvalue weighted by atomic mass is 9.82. The molecule has 1 atom stereocenters. The van der Waals surface area contributed by atoms with Crippen molar-refractivity contribution in [3.8, 4) is 0 Å². The van der Waals surface area contributed by atoms with Crippen molar-refractivity contribution in [2.45, 2.75) is 25.8 Å². The van der Waals surface area contributed by atoms with Gasteiger partial charge in [0.05, 0.1) is 12.0 Å². The molecular weight excluding hydrogens is 262 g/mol. The second-order valence-electron chi connectivity index (χ2n) is 4.42. The molecule has 17 heavy (non-hydrogen) atoms. The number of aryl methyl sites for hydroxylation is 1. The molecule has 1 saturated heterocycles. The average Bonchev–Trinajstić information content (AvgIpc) is 2.14. The van der Waals surface area contributed by atoms with Crippen LogP contribution in [0.4, 0.5) is 0 Å². The molecule has 1 heterocycles. The molecule has 2 rings (SSSR count). The summed E-state index contributed by atoms with van der Waals surface area (Å²) in [5, 5.41) is 0. The number of amides is 1. The zero-order valence-electron chi connectivity index (χ0n) is 9.47. The van der Waals surface area contributed by atoms with E-state index in [1.165, 1.54) is 0 Å². The van der Waals surface area contributed by atoms with E-state index in [0.717, 1.165) is 15.4 Å². The van der Waals surface area contributed by atoms with E-state index in [9.17, 15) is 13.2 Å². The molecule has 1 fully saturated rings. The summed E-state index contributed by atoms with van der Waals surface area (Å²) in [5.74, 6) is -0.469. The smallest absolute Gasteiger partial charge is 0.274 e. The highest BCUT2D eigenvalue weighted by Crippen LogP contribution is 2.44. The van der Waals surface area contributed by atoms with Gasteiger partial charge in [-0.25, -0.2) is 4.31 Å². The summed E-state index contributed by atoms with van der Waals surface area (Å²) in [4.78, 5) is 11.4. The molecule has 4 nitrogen and oxygen atoms in total. The fourth-order valence-corrected chi connectivity index (χ4v) is 3.76. The van der Waals surface area contributed by atoms with Crippen LogP contribution in [0.1, 0.15) is 24.5 Å². The summed E-state index contributed by atoms with van der Waals surface area (Å²) < 4.78 is 23.4. The highest BCUT2D eigenvalue weighted by Gasteiger charge is 2.54. The largest absolute Gasteiger partial charge is 0.324 e. The number of hydrogen-bond acceptors (Lipinski definition) is 3. The number of hydrogen-bond donors (Lipinski definition) is 0. The van der Waals surface area contributed by atoms with Crippen LogP contribution in [0.5, 0.6) is 0 Å². The van der Waals surface area contributed by atoms with Crippen LogP contribution in [0.15, 0.2) is 24.3 Å². The van der Waals surface area contributed by atoms with Gasteiger partial charge in [0.1, 0.15) is 0 Å². The first-order chi connectivity index (χ1) is 7.75. The quantitative estimate of drug-likeness (QED) is 0.611. The third-order valence-electron chi connectivity index (χ3n) is 3.06. The summed E-state index contributed by atoms with van der Waals surface area (Å²) in [6.45, 7) is 3.63. The minimum atomic E-state index is -4.03. The van der Waals surface area contributed by atoms with Crippen molar-refractivity contribution in [3.63, 3.8) is 0 Å². The van der Waals surface area contributed by atoms with Gasteiger partial charge < -0.3 is 0 Å². The zero-order chi connectivity index (χ0) is 12.8. The third-order valence-corrected chi connectivity index (χ3v) is 4.52. The highest BCUT2D eigenvalue weighted by molar-refractivity contribution is 8.12. The Labute approximate surface area is 105 Å². The summed E-state index contributed by atoms with van der Waals surface area (Å²) in [6.07, 6.45) is 0.155. The number of carbonyl (C=O) groups is 1. The zero-order valence-corrected chi connectivity index (χ0v) is 11.0. The van der Waals surface area contributed by atoms with Crippen LogP contribution in [0, 0.1) is 6.92 Å². The van der Waals surface area contributed by atoms with Crippen molar-refractivity contribution in [2.75, 3.05) is 0 Å². The highest BCUT2D eigenvalue weighted by atomic mass is 35.7. The molecule has 1 aliphatic heterocycles. The van der Waals surface area contributed by atoms with Gasteiger partial charge in [0.25, 0.3) is 0 Å². The molecule has 1 aromatic carbocycles. The Kier molecular flexibility index (Phi) is 2.71. The van der Waals surface area contributed by atoms with Crippen LogP contribution in [0.25, 0.3) is 0 Å². The minimum absolute atomic E-state index is 0.155. The second-order valence-corrected chi connectivity index (χ2v) is 6.78. The molecule has 0 saturated carbocycles. The predicted octanol–water partition coefficient (Wildman–Crippen LogP) is 1.93. The van der Waals surface area contributed by atoms with Gasteiger partial charge in [-0.15, -0.1) is 0 Å². The Morgan fingerprint density at radius 3 is 2.24 bits per heavy atom. The van der Waals surface area contributed by atoms with E-state index < -0.39 is 20.7 Å². The standard InChI is InChI=1S/C11H12ClNO3S/c1-8-3-5-9(6-4-8)11(2)7-10(14)13(11)17(12,15)16/h3-6H,7H2,1-2H3. The normalized spacial score (nSPS) is 24.6. The van der Waals surface area contributed by atoms with Gasteiger partial charge in [-0.2, -0.15) is 8.42 Å². The topological polar surface area (TPSA) is 54.5 Å². The molecule has 1 aliphatic rings. The number of β-lactam (4-membered cyclic amide) rings is 1. The van der Waals surface area contributed by atoms with E-state index in [4.69, 9.17) is 10.7 Å². The van der Waals surface area contributed by atoms with E-state index in [0.29, 0.717) is 0 Å². The van der Waals surface area contributed by atoms with Crippen molar-refractivity contribution in [3.05, 3.63) is 35.4 Å². The van der Waals surface area contributed by atoms with Gasteiger partial charge in [0.15, 0.2) is 0 Å². The average molecular weight is 274 g/mol. The van der Waals surface area contributed by atoms with Gasteiger partial charge in [-0.1, -0.05) is 29.8 Å². The van der Waals surface area contributed by atoms with Gasteiger partial charge in [0, 0.05) is 10.7 Å². The molecule has 0 aliphatic carbocycles. The van der Waals surface area contributed by atoms with Crippen molar-refractivity contribution < 1.29 is 13.2 Å². The van der Waals surface area contributed by atoms with Gasteiger partial charge >= 0.3 is 9.24 Å². The monoisotopic (exact) mass is 273 g/mol. The van der Waals surface area contributed by atoms with E-state index >= 15 is 0 Å². The van der Waals surface area contributed by atoms with Gasteiger partial charge in [-0.3, -0.25) is 4.79 Å². The number of rotatable bonds is 2. The molecule has 1 amide bonds. The molecule has 6 heteroatoms. The SMILES string of the molecule is Cc1ccc(C2(C)CC(=O)N2S(=O)(=O)Cl)cc1. The van der Waals surface area contributed by atoms with Gasteiger partial charge in [-0.05, 0) is 19.4 Å². The summed E-state index contributed by atoms with van der Waals surface area (Å²) in [7, 11) is 1.25. The molecule has 0 spiro atoms. The number of halogens is 1. The lowest BCUT2D eigenvalue weighted by Gasteiger charge is -2.47. The molecule has 1 aromatic rings. The fourth-order valence-electron chi connectivity index (χ4n) is 2.12. The molecule has 0 radical (unpaired) electrons.